The quantitative estimate of drug-likeness (QED) is 0.857. The average Bonchev–Trinajstić information content (AvgIpc) is 3.06. The lowest BCUT2D eigenvalue weighted by molar-refractivity contribution is 0.0920. The lowest BCUT2D eigenvalue weighted by Gasteiger charge is -2.21. The van der Waals surface area contributed by atoms with E-state index in [1.165, 1.54) is 11.3 Å². The zero-order valence-corrected chi connectivity index (χ0v) is 14.1. The van der Waals surface area contributed by atoms with Gasteiger partial charge in [0.05, 0.1) is 10.6 Å². The molecule has 0 aliphatic rings. The molecule has 2 N–H and O–H groups in total. The van der Waals surface area contributed by atoms with Gasteiger partial charge in [-0.15, -0.1) is 22.7 Å². The highest BCUT2D eigenvalue weighted by Crippen LogP contribution is 2.31. The Bertz CT molecular complexity index is 591. The van der Waals surface area contributed by atoms with Crippen molar-refractivity contribution in [2.45, 2.75) is 33.2 Å². The molecule has 0 bridgehead atoms. The van der Waals surface area contributed by atoms with Crippen LogP contribution in [-0.2, 0) is 0 Å². The fraction of sp³-hybridized carbons (Fsp3) is 0.467. The summed E-state index contributed by atoms with van der Waals surface area (Å²) in [4.78, 5) is 18.6. The van der Waals surface area contributed by atoms with Gasteiger partial charge in [-0.2, -0.15) is 0 Å². The molecule has 21 heavy (non-hydrogen) atoms. The first kappa shape index (κ1) is 16.1. The third kappa shape index (κ3) is 3.90. The Morgan fingerprint density at radius 1 is 1.48 bits per heavy atom. The number of hydrogen-bond acceptors (Lipinski definition) is 5. The van der Waals surface area contributed by atoms with Crippen molar-refractivity contribution < 1.29 is 9.90 Å². The number of hydrogen-bond donors (Lipinski definition) is 2. The first-order valence-corrected chi connectivity index (χ1v) is 8.65. The highest BCUT2D eigenvalue weighted by atomic mass is 32.1. The summed E-state index contributed by atoms with van der Waals surface area (Å²) in [7, 11) is 0. The number of aryl methyl sites for hydroxylation is 1. The van der Waals surface area contributed by atoms with Crippen LogP contribution in [0, 0.1) is 12.8 Å². The van der Waals surface area contributed by atoms with E-state index in [9.17, 15) is 4.79 Å². The second-order valence-corrected chi connectivity index (χ2v) is 7.19. The Morgan fingerprint density at radius 2 is 2.24 bits per heavy atom. The topological polar surface area (TPSA) is 62.2 Å². The van der Waals surface area contributed by atoms with Crippen molar-refractivity contribution in [2.24, 2.45) is 5.92 Å². The van der Waals surface area contributed by atoms with Gasteiger partial charge in [0.2, 0.25) is 0 Å². The molecule has 6 heteroatoms. The minimum absolute atomic E-state index is 0.0193. The molecule has 0 aromatic carbocycles. The zero-order chi connectivity index (χ0) is 15.4. The van der Waals surface area contributed by atoms with E-state index in [0.717, 1.165) is 15.6 Å². The van der Waals surface area contributed by atoms with Crippen molar-refractivity contribution in [2.75, 3.05) is 6.61 Å². The molecule has 2 aromatic heterocycles. The molecular weight excluding hydrogens is 304 g/mol. The van der Waals surface area contributed by atoms with Gasteiger partial charge in [0, 0.05) is 12.6 Å². The Balaban J connectivity index is 2.16. The van der Waals surface area contributed by atoms with Crippen molar-refractivity contribution in [1.82, 2.24) is 10.3 Å². The van der Waals surface area contributed by atoms with Crippen LogP contribution in [0.4, 0.5) is 0 Å². The molecular formula is C15H20N2O2S2. The third-order valence-electron chi connectivity index (χ3n) is 3.30. The van der Waals surface area contributed by atoms with Crippen LogP contribution in [0.1, 0.15) is 35.6 Å². The van der Waals surface area contributed by atoms with Crippen molar-refractivity contribution in [3.63, 3.8) is 0 Å². The number of thiazole rings is 1. The monoisotopic (exact) mass is 324 g/mol. The molecule has 2 aromatic rings. The minimum atomic E-state index is -0.0973. The molecule has 0 radical (unpaired) electrons. The van der Waals surface area contributed by atoms with Crippen LogP contribution < -0.4 is 5.32 Å². The highest BCUT2D eigenvalue weighted by molar-refractivity contribution is 7.22. The first-order chi connectivity index (χ1) is 10.0. The third-order valence-corrected chi connectivity index (χ3v) is 5.49. The number of aliphatic hydroxyl groups excluding tert-OH is 1. The summed E-state index contributed by atoms with van der Waals surface area (Å²) in [6.45, 7) is 6.01. The normalized spacial score (nSPS) is 12.6. The van der Waals surface area contributed by atoms with Gasteiger partial charge in [-0.25, -0.2) is 4.98 Å². The van der Waals surface area contributed by atoms with Gasteiger partial charge in [-0.3, -0.25) is 4.79 Å². The molecule has 114 valence electrons. The summed E-state index contributed by atoms with van der Waals surface area (Å²) in [5, 5.41) is 15.0. The molecule has 4 nitrogen and oxygen atoms in total. The van der Waals surface area contributed by atoms with Gasteiger partial charge in [0.25, 0.3) is 5.91 Å². The molecule has 2 rings (SSSR count). The molecule has 0 saturated heterocycles. The zero-order valence-electron chi connectivity index (χ0n) is 12.4. The molecule has 2 heterocycles. The number of nitrogens with one attached hydrogen (secondary N) is 1. The lowest BCUT2D eigenvalue weighted by Crippen LogP contribution is -2.39. The van der Waals surface area contributed by atoms with Crippen LogP contribution in [0.2, 0.25) is 0 Å². The van der Waals surface area contributed by atoms with E-state index < -0.39 is 0 Å². The molecule has 1 unspecified atom stereocenters. The second-order valence-electron chi connectivity index (χ2n) is 5.25. The largest absolute Gasteiger partial charge is 0.396 e. The number of nitrogens with zero attached hydrogens (tertiary/aromatic N) is 1. The molecule has 0 aliphatic carbocycles. The van der Waals surface area contributed by atoms with Crippen LogP contribution in [0.15, 0.2) is 17.5 Å². The maximum Gasteiger partial charge on any atom is 0.263 e. The number of aromatic nitrogens is 1. The van der Waals surface area contributed by atoms with Crippen molar-refractivity contribution >= 4 is 28.6 Å². The lowest BCUT2D eigenvalue weighted by atomic mass is 10.0. The minimum Gasteiger partial charge on any atom is -0.396 e. The van der Waals surface area contributed by atoms with Crippen LogP contribution >= 0.6 is 22.7 Å². The predicted molar refractivity (Wildman–Crippen MR) is 88.0 cm³/mol. The van der Waals surface area contributed by atoms with Gasteiger partial charge in [0.15, 0.2) is 0 Å². The maximum absolute atomic E-state index is 12.4. The number of carbonyl (C=O) groups excluding carboxylic acids is 1. The van der Waals surface area contributed by atoms with E-state index in [-0.39, 0.29) is 24.5 Å². The van der Waals surface area contributed by atoms with Crippen LogP contribution in [0.3, 0.4) is 0 Å². The fourth-order valence-electron chi connectivity index (χ4n) is 2.06. The van der Waals surface area contributed by atoms with Crippen molar-refractivity contribution in [3.05, 3.63) is 28.1 Å². The number of amides is 1. The van der Waals surface area contributed by atoms with E-state index in [1.54, 1.807) is 11.3 Å². The van der Waals surface area contributed by atoms with E-state index in [2.05, 4.69) is 10.3 Å². The number of carbonyl (C=O) groups is 1. The number of rotatable bonds is 6. The summed E-state index contributed by atoms with van der Waals surface area (Å²) in [6.07, 6.45) is 0.568. The second kappa shape index (κ2) is 7.15. The molecule has 1 amide bonds. The van der Waals surface area contributed by atoms with Crippen LogP contribution in [0.25, 0.3) is 9.88 Å². The summed E-state index contributed by atoms with van der Waals surface area (Å²) < 4.78 is 0. The molecule has 0 aliphatic heterocycles. The standard InChI is InChI=1S/C15H20N2O2S2/c1-9(2)11(6-7-18)17-14(19)13-10(3)16-15(21-13)12-5-4-8-20-12/h4-5,8-9,11,18H,6-7H2,1-3H3,(H,17,19). The first-order valence-electron chi connectivity index (χ1n) is 6.96. The summed E-state index contributed by atoms with van der Waals surface area (Å²) >= 11 is 3.04. The molecule has 0 saturated carbocycles. The van der Waals surface area contributed by atoms with Gasteiger partial charge >= 0.3 is 0 Å². The smallest absolute Gasteiger partial charge is 0.263 e. The number of thiophene rings is 1. The average molecular weight is 324 g/mol. The fourth-order valence-corrected chi connectivity index (χ4v) is 3.82. The maximum atomic E-state index is 12.4. The Kier molecular flexibility index (Phi) is 5.50. The SMILES string of the molecule is Cc1nc(-c2cccs2)sc1C(=O)NC(CCO)C(C)C. The Hall–Kier alpha value is -1.24. The van der Waals surface area contributed by atoms with Crippen LogP contribution in [0.5, 0.6) is 0 Å². The van der Waals surface area contributed by atoms with E-state index in [0.29, 0.717) is 11.3 Å². The predicted octanol–water partition coefficient (Wildman–Crippen LogP) is 3.32. The number of aliphatic hydroxyl groups is 1. The summed E-state index contributed by atoms with van der Waals surface area (Å²) in [5.74, 6) is 0.186. The van der Waals surface area contributed by atoms with Gasteiger partial charge in [0.1, 0.15) is 9.88 Å². The molecule has 1 atom stereocenters. The Morgan fingerprint density at radius 3 is 2.81 bits per heavy atom. The highest BCUT2D eigenvalue weighted by Gasteiger charge is 2.21. The van der Waals surface area contributed by atoms with E-state index in [4.69, 9.17) is 5.11 Å². The Labute approximate surface area is 132 Å². The molecule has 0 fully saturated rings. The van der Waals surface area contributed by atoms with Crippen LogP contribution in [-0.4, -0.2) is 28.6 Å². The van der Waals surface area contributed by atoms with Crippen molar-refractivity contribution in [3.8, 4) is 9.88 Å². The summed E-state index contributed by atoms with van der Waals surface area (Å²) in [5.41, 5.74) is 0.757. The van der Waals surface area contributed by atoms with Gasteiger partial charge < -0.3 is 10.4 Å². The van der Waals surface area contributed by atoms with Gasteiger partial charge in [-0.1, -0.05) is 19.9 Å². The van der Waals surface area contributed by atoms with E-state index in [1.807, 2.05) is 38.3 Å². The summed E-state index contributed by atoms with van der Waals surface area (Å²) in [6, 6.07) is 3.97. The molecule has 0 spiro atoms. The van der Waals surface area contributed by atoms with E-state index >= 15 is 0 Å². The van der Waals surface area contributed by atoms with Crippen molar-refractivity contribution in [1.29, 1.82) is 0 Å². The van der Waals surface area contributed by atoms with Gasteiger partial charge in [-0.05, 0) is 30.7 Å².